The minimum absolute atomic E-state index is 0.143. The number of rotatable bonds is 4. The fourth-order valence-electron chi connectivity index (χ4n) is 2.85. The van der Waals surface area contributed by atoms with Gasteiger partial charge < -0.3 is 14.0 Å². The van der Waals surface area contributed by atoms with E-state index in [1.54, 1.807) is 17.7 Å². The summed E-state index contributed by atoms with van der Waals surface area (Å²) in [5.74, 6) is 6.90. The lowest BCUT2D eigenvalue weighted by Gasteiger charge is -2.08. The molecule has 0 spiro atoms. The van der Waals surface area contributed by atoms with Crippen LogP contribution in [0.5, 0.6) is 11.5 Å². The molecule has 3 aromatic rings. The number of ether oxygens (including phenoxy) is 2. The first-order chi connectivity index (χ1) is 12.5. The van der Waals surface area contributed by atoms with Crippen molar-refractivity contribution >= 4 is 10.9 Å². The summed E-state index contributed by atoms with van der Waals surface area (Å²) in [6.45, 7) is 4.48. The number of pyridine rings is 1. The van der Waals surface area contributed by atoms with Crippen LogP contribution >= 0.6 is 0 Å². The number of aromatic nitrogens is 1. The van der Waals surface area contributed by atoms with Gasteiger partial charge in [-0.05, 0) is 49.2 Å². The minimum atomic E-state index is -0.169. The van der Waals surface area contributed by atoms with E-state index in [0.29, 0.717) is 5.75 Å². The van der Waals surface area contributed by atoms with Crippen LogP contribution < -0.4 is 15.0 Å². The van der Waals surface area contributed by atoms with Gasteiger partial charge in [0.25, 0.3) is 5.56 Å². The topological polar surface area (TPSA) is 40.5 Å². The van der Waals surface area contributed by atoms with Crippen LogP contribution in [0.3, 0.4) is 0 Å². The molecule has 0 bridgehead atoms. The van der Waals surface area contributed by atoms with Crippen molar-refractivity contribution in [2.24, 2.45) is 7.05 Å². The van der Waals surface area contributed by atoms with Gasteiger partial charge in [-0.15, -0.1) is 0 Å². The molecule has 0 fully saturated rings. The summed E-state index contributed by atoms with van der Waals surface area (Å²) < 4.78 is 12.8. The molecule has 0 unspecified atom stereocenters. The van der Waals surface area contributed by atoms with Gasteiger partial charge in [0.05, 0.1) is 5.52 Å². The summed E-state index contributed by atoms with van der Waals surface area (Å²) >= 11 is 0. The summed E-state index contributed by atoms with van der Waals surface area (Å²) in [7, 11) is 1.74. The molecule has 0 N–H and O–H groups in total. The Balaban J connectivity index is 1.60. The summed E-state index contributed by atoms with van der Waals surface area (Å²) in [6.07, 6.45) is 0. The fraction of sp³-hybridized carbons (Fsp3) is 0.227. The highest BCUT2D eigenvalue weighted by Crippen LogP contribution is 2.17. The first-order valence-electron chi connectivity index (χ1n) is 8.43. The number of aryl methyl sites for hydroxylation is 3. The van der Waals surface area contributed by atoms with Crippen LogP contribution in [0.2, 0.25) is 0 Å². The maximum Gasteiger partial charge on any atom is 0.293 e. The van der Waals surface area contributed by atoms with Crippen molar-refractivity contribution in [1.29, 1.82) is 0 Å². The number of hydrogen-bond donors (Lipinski definition) is 0. The van der Waals surface area contributed by atoms with Gasteiger partial charge in [-0.25, -0.2) is 0 Å². The van der Waals surface area contributed by atoms with Crippen molar-refractivity contribution < 1.29 is 9.47 Å². The second-order valence-electron chi connectivity index (χ2n) is 6.19. The Morgan fingerprint density at radius 2 is 1.58 bits per heavy atom. The van der Waals surface area contributed by atoms with E-state index in [1.807, 2.05) is 50.2 Å². The van der Waals surface area contributed by atoms with E-state index in [9.17, 15) is 4.79 Å². The van der Waals surface area contributed by atoms with Crippen molar-refractivity contribution in [3.8, 4) is 23.3 Å². The Hall–Kier alpha value is -3.19. The molecule has 0 saturated carbocycles. The van der Waals surface area contributed by atoms with E-state index in [-0.39, 0.29) is 18.8 Å². The van der Waals surface area contributed by atoms with Crippen LogP contribution in [0.15, 0.2) is 53.3 Å². The second-order valence-corrected chi connectivity index (χ2v) is 6.19. The van der Waals surface area contributed by atoms with Gasteiger partial charge in [0.15, 0.2) is 5.75 Å². The molecule has 4 nitrogen and oxygen atoms in total. The zero-order valence-electron chi connectivity index (χ0n) is 15.2. The molecule has 26 heavy (non-hydrogen) atoms. The Morgan fingerprint density at radius 3 is 2.31 bits per heavy atom. The van der Waals surface area contributed by atoms with E-state index in [1.165, 1.54) is 0 Å². The maximum atomic E-state index is 12.3. The first-order valence-corrected chi connectivity index (χ1v) is 8.43. The largest absolute Gasteiger partial charge is 0.481 e. The van der Waals surface area contributed by atoms with Crippen LogP contribution in [-0.2, 0) is 7.05 Å². The maximum absolute atomic E-state index is 12.3. The zero-order chi connectivity index (χ0) is 18.5. The SMILES string of the molecule is Cc1cc(C)cc(OCC#CCOc2cc3ccccc3n(C)c2=O)c1. The van der Waals surface area contributed by atoms with Crippen LogP contribution in [0.25, 0.3) is 10.9 Å². The van der Waals surface area contributed by atoms with E-state index in [2.05, 4.69) is 17.9 Å². The quantitative estimate of drug-likeness (QED) is 0.677. The van der Waals surface area contributed by atoms with Crippen LogP contribution in [0.1, 0.15) is 11.1 Å². The van der Waals surface area contributed by atoms with Crippen LogP contribution in [0.4, 0.5) is 0 Å². The van der Waals surface area contributed by atoms with E-state index >= 15 is 0 Å². The highest BCUT2D eigenvalue weighted by Gasteiger charge is 2.06. The molecule has 0 saturated heterocycles. The predicted molar refractivity (Wildman–Crippen MR) is 104 cm³/mol. The van der Waals surface area contributed by atoms with Crippen molar-refractivity contribution in [3.63, 3.8) is 0 Å². The number of para-hydroxylation sites is 1. The third-order valence-electron chi connectivity index (χ3n) is 4.03. The zero-order valence-corrected chi connectivity index (χ0v) is 15.2. The molecule has 4 heteroatoms. The summed E-state index contributed by atoms with van der Waals surface area (Å²) in [5.41, 5.74) is 3.02. The molecule has 1 heterocycles. The lowest BCUT2D eigenvalue weighted by atomic mass is 10.1. The van der Waals surface area contributed by atoms with Gasteiger partial charge in [0.2, 0.25) is 0 Å². The van der Waals surface area contributed by atoms with Gasteiger partial charge in [-0.3, -0.25) is 4.79 Å². The molecule has 1 aromatic heterocycles. The molecule has 0 atom stereocenters. The van der Waals surface area contributed by atoms with E-state index in [0.717, 1.165) is 27.8 Å². The summed E-state index contributed by atoms with van der Waals surface area (Å²) in [5, 5.41) is 0.954. The second kappa shape index (κ2) is 7.79. The molecule has 0 radical (unpaired) electrons. The minimum Gasteiger partial charge on any atom is -0.481 e. The predicted octanol–water partition coefficient (Wildman–Crippen LogP) is 3.62. The summed E-state index contributed by atoms with van der Waals surface area (Å²) in [6, 6.07) is 15.5. The normalized spacial score (nSPS) is 10.3. The van der Waals surface area contributed by atoms with Crippen LogP contribution in [-0.4, -0.2) is 17.8 Å². The van der Waals surface area contributed by atoms with Crippen molar-refractivity contribution in [1.82, 2.24) is 4.57 Å². The highest BCUT2D eigenvalue weighted by molar-refractivity contribution is 5.80. The standard InChI is InChI=1S/C22H21NO3/c1-16-12-17(2)14-19(13-16)25-10-6-7-11-26-21-15-18-8-4-5-9-20(18)23(3)22(21)24/h4-5,8-9,12-15H,10-11H2,1-3H3. The Labute approximate surface area is 153 Å². The Bertz CT molecular complexity index is 1030. The average Bonchev–Trinajstić information content (AvgIpc) is 2.61. The third kappa shape index (κ3) is 4.07. The summed E-state index contributed by atoms with van der Waals surface area (Å²) in [4.78, 5) is 12.3. The van der Waals surface area contributed by atoms with Gasteiger partial charge in [-0.1, -0.05) is 36.1 Å². The van der Waals surface area contributed by atoms with Gasteiger partial charge >= 0.3 is 0 Å². The highest BCUT2D eigenvalue weighted by atomic mass is 16.5. The van der Waals surface area contributed by atoms with Crippen molar-refractivity contribution in [2.45, 2.75) is 13.8 Å². The molecular formula is C22H21NO3. The molecule has 132 valence electrons. The van der Waals surface area contributed by atoms with Crippen molar-refractivity contribution in [3.05, 3.63) is 70.0 Å². The third-order valence-corrected chi connectivity index (χ3v) is 4.03. The van der Waals surface area contributed by atoms with E-state index in [4.69, 9.17) is 9.47 Å². The fourth-order valence-corrected chi connectivity index (χ4v) is 2.85. The van der Waals surface area contributed by atoms with Crippen LogP contribution in [0, 0.1) is 25.7 Å². The average molecular weight is 347 g/mol. The number of fused-ring (bicyclic) bond motifs is 1. The lowest BCUT2D eigenvalue weighted by molar-refractivity contribution is 0.358. The molecule has 2 aromatic carbocycles. The first kappa shape index (κ1) is 17.6. The molecule has 0 aliphatic heterocycles. The number of hydrogen-bond acceptors (Lipinski definition) is 3. The van der Waals surface area contributed by atoms with Gasteiger partial charge in [0.1, 0.15) is 19.0 Å². The molecule has 0 aliphatic rings. The van der Waals surface area contributed by atoms with Gasteiger partial charge in [-0.2, -0.15) is 0 Å². The molecular weight excluding hydrogens is 326 g/mol. The monoisotopic (exact) mass is 347 g/mol. The lowest BCUT2D eigenvalue weighted by Crippen LogP contribution is -2.19. The Kier molecular flexibility index (Phi) is 5.28. The number of nitrogens with zero attached hydrogens (tertiary/aromatic N) is 1. The molecule has 0 amide bonds. The molecule has 3 rings (SSSR count). The van der Waals surface area contributed by atoms with Gasteiger partial charge in [0, 0.05) is 12.4 Å². The Morgan fingerprint density at radius 1 is 0.923 bits per heavy atom. The molecule has 0 aliphatic carbocycles. The van der Waals surface area contributed by atoms with E-state index < -0.39 is 0 Å². The smallest absolute Gasteiger partial charge is 0.293 e. The van der Waals surface area contributed by atoms with Crippen molar-refractivity contribution in [2.75, 3.05) is 13.2 Å². The number of benzene rings is 2.